The zero-order valence-corrected chi connectivity index (χ0v) is 23.2. The molecule has 0 spiro atoms. The Morgan fingerprint density at radius 2 is 0.786 bits per heavy atom. The first-order chi connectivity index (χ1) is 12.5. The van der Waals surface area contributed by atoms with Crippen LogP contribution < -0.4 is 57.4 Å². The van der Waals surface area contributed by atoms with Gasteiger partial charge in [0.2, 0.25) is 0 Å². The van der Waals surface area contributed by atoms with Gasteiger partial charge < -0.3 is 66.4 Å². The van der Waals surface area contributed by atoms with Gasteiger partial charge >= 0.3 is 0 Å². The third kappa shape index (κ3) is 9.34. The molecule has 0 bridgehead atoms. The fourth-order valence-electron chi connectivity index (χ4n) is 3.64. The van der Waals surface area contributed by atoms with Crippen LogP contribution in [0.3, 0.4) is 0 Å². The minimum absolute atomic E-state index is 0. The second-order valence-corrected chi connectivity index (χ2v) is 7.20. The number of benzene rings is 1. The molecule has 0 heterocycles. The van der Waals surface area contributed by atoms with Crippen LogP contribution in [-0.4, -0.2) is 74.5 Å². The summed E-state index contributed by atoms with van der Waals surface area (Å²) in [6.45, 7) is 24.2. The molecule has 0 amide bonds. The topological polar surface area (TPSA) is 18.5 Å². The molecule has 0 atom stereocenters. The minimum atomic E-state index is 0. The molecule has 4 nitrogen and oxygen atoms in total. The predicted molar refractivity (Wildman–Crippen MR) is 111 cm³/mol. The summed E-state index contributed by atoms with van der Waals surface area (Å²) in [5, 5.41) is 0. The molecule has 0 aliphatic rings. The number of halogens is 2. The Morgan fingerprint density at radius 1 is 0.536 bits per heavy atom. The molecule has 0 saturated carbocycles. The monoisotopic (exact) mass is 620 g/mol. The molecular weight excluding hydrogens is 578 g/mol. The van der Waals surface area contributed by atoms with Gasteiger partial charge in [0.25, 0.3) is 0 Å². The Kier molecular flexibility index (Phi) is 17.3. The molecule has 0 saturated heterocycles. The van der Waals surface area contributed by atoms with E-state index in [1.165, 1.54) is 0 Å². The Bertz CT molecular complexity index is 428. The highest BCUT2D eigenvalue weighted by atomic mass is 127. The van der Waals surface area contributed by atoms with Gasteiger partial charge in [0.15, 0.2) is 0 Å². The zero-order chi connectivity index (χ0) is 19.5. The lowest BCUT2D eigenvalue weighted by Gasteiger charge is -2.35. The average Bonchev–Trinajstić information content (AvgIpc) is 2.70. The molecule has 0 aliphatic carbocycles. The highest BCUT2D eigenvalue weighted by Crippen LogP contribution is 2.18. The van der Waals surface area contributed by atoms with Crippen LogP contribution in [0.1, 0.15) is 41.5 Å². The standard InChI is InChI=1S/C22H42N2O2.2HI/c1-7-23(8-2,9-3)17-19-25-21-13-15-22(16-14-21)26-20-18-24(10-4,11-5)12-6;;/h13-16H,7-12,17-20H2,1-6H3;2*1H/q+2;;/p-2. The SMILES string of the molecule is CC[N+](CC)(CC)CCOc1ccc(OCC[N+](CC)(CC)CC)cc1.[I-].[I-]. The van der Waals surface area contributed by atoms with Crippen LogP contribution in [0.25, 0.3) is 0 Å². The van der Waals surface area contributed by atoms with Crippen molar-refractivity contribution in [1.82, 2.24) is 0 Å². The molecule has 28 heavy (non-hydrogen) atoms. The number of likely N-dealkylation sites (N-methyl/N-ethyl adjacent to an activating group) is 2. The van der Waals surface area contributed by atoms with Crippen molar-refractivity contribution in [1.29, 1.82) is 0 Å². The smallest absolute Gasteiger partial charge is 0.137 e. The van der Waals surface area contributed by atoms with Gasteiger partial charge in [-0.2, -0.15) is 0 Å². The summed E-state index contributed by atoms with van der Waals surface area (Å²) in [5.41, 5.74) is 0. The van der Waals surface area contributed by atoms with Gasteiger partial charge in [-0.05, 0) is 65.8 Å². The largest absolute Gasteiger partial charge is 1.00 e. The second-order valence-electron chi connectivity index (χ2n) is 7.20. The molecule has 6 heteroatoms. The highest BCUT2D eigenvalue weighted by Gasteiger charge is 2.21. The average molecular weight is 620 g/mol. The molecule has 0 aliphatic heterocycles. The number of nitrogens with zero attached hydrogens (tertiary/aromatic N) is 2. The van der Waals surface area contributed by atoms with Crippen molar-refractivity contribution in [3.05, 3.63) is 24.3 Å². The van der Waals surface area contributed by atoms with Gasteiger partial charge in [-0.3, -0.25) is 0 Å². The van der Waals surface area contributed by atoms with Crippen molar-refractivity contribution in [2.75, 3.05) is 65.6 Å². The molecule has 1 rings (SSSR count). The third-order valence-corrected chi connectivity index (χ3v) is 6.52. The van der Waals surface area contributed by atoms with E-state index in [1.54, 1.807) is 0 Å². The van der Waals surface area contributed by atoms with E-state index < -0.39 is 0 Å². The van der Waals surface area contributed by atoms with E-state index in [2.05, 4.69) is 41.5 Å². The zero-order valence-electron chi connectivity index (χ0n) is 18.8. The van der Waals surface area contributed by atoms with E-state index in [-0.39, 0.29) is 48.0 Å². The van der Waals surface area contributed by atoms with Gasteiger partial charge in [-0.1, -0.05) is 0 Å². The summed E-state index contributed by atoms with van der Waals surface area (Å²) in [5.74, 6) is 1.86. The van der Waals surface area contributed by atoms with Crippen molar-refractivity contribution in [2.24, 2.45) is 0 Å². The Morgan fingerprint density at radius 3 is 1.00 bits per heavy atom. The van der Waals surface area contributed by atoms with Crippen molar-refractivity contribution in [3.8, 4) is 11.5 Å². The fraction of sp³-hybridized carbons (Fsp3) is 0.727. The number of ether oxygens (including phenoxy) is 2. The molecule has 1 aromatic carbocycles. The molecular formula is C22H42I2N2O2. The number of rotatable bonds is 14. The van der Waals surface area contributed by atoms with E-state index >= 15 is 0 Å². The van der Waals surface area contributed by atoms with Crippen LogP contribution >= 0.6 is 0 Å². The van der Waals surface area contributed by atoms with Crippen molar-refractivity contribution in [3.63, 3.8) is 0 Å². The van der Waals surface area contributed by atoms with Crippen LogP contribution in [0.4, 0.5) is 0 Å². The molecule has 1 aromatic rings. The maximum Gasteiger partial charge on any atom is 0.137 e. The van der Waals surface area contributed by atoms with Crippen LogP contribution in [0.5, 0.6) is 11.5 Å². The van der Waals surface area contributed by atoms with Gasteiger partial charge in [0.1, 0.15) is 37.8 Å². The van der Waals surface area contributed by atoms with Crippen molar-refractivity contribution in [2.45, 2.75) is 41.5 Å². The summed E-state index contributed by atoms with van der Waals surface area (Å²) < 4.78 is 14.2. The maximum absolute atomic E-state index is 5.96. The van der Waals surface area contributed by atoms with E-state index in [0.29, 0.717) is 0 Å². The summed E-state index contributed by atoms with van der Waals surface area (Å²) in [6.07, 6.45) is 0. The number of quaternary nitrogens is 2. The first-order valence-electron chi connectivity index (χ1n) is 10.6. The van der Waals surface area contributed by atoms with E-state index in [0.717, 1.165) is 86.0 Å². The van der Waals surface area contributed by atoms with Crippen LogP contribution in [0.15, 0.2) is 24.3 Å². The van der Waals surface area contributed by atoms with Crippen LogP contribution in [-0.2, 0) is 0 Å². The van der Waals surface area contributed by atoms with Gasteiger partial charge in [0.05, 0.1) is 39.3 Å². The van der Waals surface area contributed by atoms with Crippen LogP contribution in [0, 0.1) is 0 Å². The first kappa shape index (κ1) is 30.4. The quantitative estimate of drug-likeness (QED) is 0.181. The molecule has 166 valence electrons. The molecule has 0 N–H and O–H groups in total. The summed E-state index contributed by atoms with van der Waals surface area (Å²) in [7, 11) is 0. The predicted octanol–water partition coefficient (Wildman–Crippen LogP) is -1.79. The van der Waals surface area contributed by atoms with Crippen LogP contribution in [0.2, 0.25) is 0 Å². The molecule has 0 fully saturated rings. The fourth-order valence-corrected chi connectivity index (χ4v) is 3.64. The van der Waals surface area contributed by atoms with Crippen molar-refractivity contribution >= 4 is 0 Å². The van der Waals surface area contributed by atoms with E-state index in [9.17, 15) is 0 Å². The first-order valence-corrected chi connectivity index (χ1v) is 10.6. The van der Waals surface area contributed by atoms with Crippen molar-refractivity contribution < 1.29 is 66.4 Å². The van der Waals surface area contributed by atoms with Gasteiger partial charge in [0, 0.05) is 0 Å². The number of hydrogen-bond acceptors (Lipinski definition) is 2. The third-order valence-electron chi connectivity index (χ3n) is 6.52. The van der Waals surface area contributed by atoms with E-state index in [1.807, 2.05) is 24.3 Å². The minimum Gasteiger partial charge on any atom is -1.00 e. The summed E-state index contributed by atoms with van der Waals surface area (Å²) >= 11 is 0. The maximum atomic E-state index is 5.96. The Hall–Kier alpha value is 0.200. The van der Waals surface area contributed by atoms with Gasteiger partial charge in [-0.15, -0.1) is 0 Å². The lowest BCUT2D eigenvalue weighted by Crippen LogP contribution is -3.00. The normalized spacial score (nSPS) is 11.4. The lowest BCUT2D eigenvalue weighted by molar-refractivity contribution is -0.923. The molecule has 0 aromatic heterocycles. The summed E-state index contributed by atoms with van der Waals surface area (Å²) in [4.78, 5) is 0. The summed E-state index contributed by atoms with van der Waals surface area (Å²) in [6, 6.07) is 8.09. The lowest BCUT2D eigenvalue weighted by atomic mass is 10.3. The van der Waals surface area contributed by atoms with E-state index in [4.69, 9.17) is 9.47 Å². The van der Waals surface area contributed by atoms with Gasteiger partial charge in [-0.25, -0.2) is 0 Å². The highest BCUT2D eigenvalue weighted by molar-refractivity contribution is 5.31. The molecule has 0 unspecified atom stereocenters. The Balaban J connectivity index is 0. The number of hydrogen-bond donors (Lipinski definition) is 0. The molecule has 0 radical (unpaired) electrons. The Labute approximate surface area is 208 Å². The second kappa shape index (κ2) is 16.0.